The molecule has 26 nitrogen and oxygen atoms in total. The van der Waals surface area contributed by atoms with Crippen LogP contribution in [-0.2, 0) is 46.6 Å². The van der Waals surface area contributed by atoms with Gasteiger partial charge in [0, 0.05) is 101 Å². The van der Waals surface area contributed by atoms with Gasteiger partial charge in [-0.05, 0) is 94.8 Å². The number of fused-ring (bicyclic) bond motifs is 4. The highest BCUT2D eigenvalue weighted by Crippen LogP contribution is 2.39. The number of benzene rings is 5. The molecule has 7 N–H and O–H groups in total. The first-order chi connectivity index (χ1) is 45.5. The fourth-order valence-electron chi connectivity index (χ4n) is 11.3. The van der Waals surface area contributed by atoms with Gasteiger partial charge in [0.15, 0.2) is 6.10 Å². The van der Waals surface area contributed by atoms with Gasteiger partial charge in [-0.25, -0.2) is 9.59 Å². The summed E-state index contributed by atoms with van der Waals surface area (Å²) in [6.45, 7) is 0.629. The molecule has 5 aromatic rings. The lowest BCUT2D eigenvalue weighted by atomic mass is 9.99. The molecule has 488 valence electrons. The molecule has 94 heavy (non-hydrogen) atoms. The van der Waals surface area contributed by atoms with Gasteiger partial charge in [-0.3, -0.25) is 43.7 Å². The van der Waals surface area contributed by atoms with Crippen molar-refractivity contribution in [1.82, 2.24) is 25.3 Å². The number of unbranched alkanes of at least 4 members (excludes halogenated alkanes) is 2. The summed E-state index contributed by atoms with van der Waals surface area (Å²) < 4.78 is 33.9. The topological polar surface area (TPSA) is 343 Å². The van der Waals surface area contributed by atoms with Crippen LogP contribution in [0.3, 0.4) is 0 Å². The summed E-state index contributed by atoms with van der Waals surface area (Å²) in [6.07, 6.45) is 2.43. The molecule has 26 heteroatoms. The number of hydrogen-bond donors (Lipinski definition) is 7. The second-order valence-corrected chi connectivity index (χ2v) is 22.9. The average Bonchev–Trinajstić information content (AvgIpc) is 1.83. The second kappa shape index (κ2) is 29.4. The SMILES string of the molecule is COc1ccc(C2=CN3C(=O)c4ccc(OCCCOc5ccc6c(c5)N=C[C@@H]5CC(c7ccc(CNC(=O)OCc8ccc(O[C@@H]9OC(C(=O)O)[C@@H](O)C(O)[C@@H]9O)c(NC(=O)CCNC(=O)CCCCCN9C(=O)C=CC9=O)c8)cc7)=CN5C6=O)cc4N=C[C@@H]3C2)cc1. The van der Waals surface area contributed by atoms with E-state index in [0.717, 1.165) is 38.5 Å². The monoisotopic (exact) mass is 1280 g/mol. The molecule has 7 amide bonds. The number of aliphatic hydroxyl groups is 3. The first-order valence-corrected chi connectivity index (χ1v) is 30.6. The maximum atomic E-state index is 13.9. The van der Waals surface area contributed by atoms with Gasteiger partial charge in [-0.2, -0.15) is 0 Å². The zero-order chi connectivity index (χ0) is 66.0. The van der Waals surface area contributed by atoms with Gasteiger partial charge >= 0.3 is 12.1 Å². The van der Waals surface area contributed by atoms with Crippen LogP contribution < -0.4 is 34.9 Å². The highest BCUT2D eigenvalue weighted by molar-refractivity contribution is 6.13. The predicted molar refractivity (Wildman–Crippen MR) is 338 cm³/mol. The van der Waals surface area contributed by atoms with E-state index in [-0.39, 0.29) is 92.1 Å². The molecule has 0 spiro atoms. The summed E-state index contributed by atoms with van der Waals surface area (Å²) in [6, 6.07) is 29.3. The summed E-state index contributed by atoms with van der Waals surface area (Å²) in [5, 5.41) is 48.8. The van der Waals surface area contributed by atoms with Gasteiger partial charge in [0.2, 0.25) is 18.1 Å². The standard InChI is InChI=1S/C68H68N8O18/c1-89-47-14-12-42(13-15-47)44-30-46-35-71-53-32-49(17-19-51(53)65(85)76(46)37-44)91-27-5-26-90-48-16-18-50-52(31-48)70-34-45-29-43(36-75(45)64(50)84)41-10-7-39(8-11-41)33-72-68(88)92-38-40-9-20-55(93-67-62(83)60(81)61(82)63(94-67)66(86)87)54(28-40)73-57(78)23-24-69-56(77)6-3-2-4-25-74-58(79)21-22-59(74)80/h7-22,28,31-32,34-37,45-46,60-63,67,81-83H,2-6,23-27,29-30,33,38H2,1H3,(H,69,77)(H,72,88)(H,73,78)(H,86,87)/t45-,46-,60?,61-,62-,63?,67+/m0/s1. The Kier molecular flexibility index (Phi) is 20.3. The Hall–Kier alpha value is -10.5. The van der Waals surface area contributed by atoms with Crippen LogP contribution in [0.15, 0.2) is 138 Å². The number of methoxy groups -OCH3 is 1. The number of ether oxygens (including phenoxy) is 6. The Morgan fingerprint density at radius 1 is 0.628 bits per heavy atom. The largest absolute Gasteiger partial charge is 0.497 e. The molecule has 6 aliphatic heterocycles. The summed E-state index contributed by atoms with van der Waals surface area (Å²) in [5.41, 5.74) is 6.84. The Morgan fingerprint density at radius 3 is 1.81 bits per heavy atom. The smallest absolute Gasteiger partial charge is 0.407 e. The molecule has 0 aromatic heterocycles. The van der Waals surface area contributed by atoms with Gasteiger partial charge in [0.1, 0.15) is 47.9 Å². The van der Waals surface area contributed by atoms with Crippen molar-refractivity contribution in [2.75, 3.05) is 38.7 Å². The summed E-state index contributed by atoms with van der Waals surface area (Å²) in [4.78, 5) is 116. The van der Waals surface area contributed by atoms with Gasteiger partial charge in [0.05, 0.1) is 60.6 Å². The zero-order valence-electron chi connectivity index (χ0n) is 51.0. The van der Waals surface area contributed by atoms with E-state index < -0.39 is 48.7 Å². The van der Waals surface area contributed by atoms with Crippen molar-refractivity contribution < 1.29 is 87.2 Å². The van der Waals surface area contributed by atoms with Crippen molar-refractivity contribution >= 4 is 88.1 Å². The predicted octanol–water partition coefficient (Wildman–Crippen LogP) is 6.11. The minimum atomic E-state index is -1.99. The minimum Gasteiger partial charge on any atom is -0.497 e. The molecule has 6 heterocycles. The first kappa shape index (κ1) is 65.0. The normalized spacial score (nSPS) is 20.9. The Bertz CT molecular complexity index is 3890. The number of amides is 7. The minimum absolute atomic E-state index is 0.0383. The molecular weight excluding hydrogens is 1220 g/mol. The maximum Gasteiger partial charge on any atom is 0.407 e. The average molecular weight is 1290 g/mol. The number of imide groups is 1. The molecule has 0 radical (unpaired) electrons. The molecule has 6 aliphatic rings. The van der Waals surface area contributed by atoms with E-state index >= 15 is 0 Å². The molecule has 0 aliphatic carbocycles. The summed E-state index contributed by atoms with van der Waals surface area (Å²) >= 11 is 0. The number of aliphatic hydroxyl groups excluding tert-OH is 3. The van der Waals surface area contributed by atoms with Gasteiger partial charge in [-0.15, -0.1) is 0 Å². The number of rotatable bonds is 26. The number of nitrogens with zero attached hydrogens (tertiary/aromatic N) is 5. The van der Waals surface area contributed by atoms with Crippen molar-refractivity contribution in [3.8, 4) is 23.0 Å². The highest BCUT2D eigenvalue weighted by Gasteiger charge is 2.48. The number of nitrogens with one attached hydrogen (secondary N) is 3. The van der Waals surface area contributed by atoms with Crippen molar-refractivity contribution in [1.29, 1.82) is 0 Å². The van der Waals surface area contributed by atoms with Crippen molar-refractivity contribution in [3.05, 3.63) is 161 Å². The zero-order valence-corrected chi connectivity index (χ0v) is 51.0. The molecule has 1 fully saturated rings. The second-order valence-electron chi connectivity index (χ2n) is 22.9. The fourth-order valence-corrected chi connectivity index (χ4v) is 11.3. The molecular formula is C68H68N8O18. The molecule has 1 saturated heterocycles. The van der Waals surface area contributed by atoms with Crippen LogP contribution in [0, 0.1) is 0 Å². The quantitative estimate of drug-likeness (QED) is 0.0242. The molecule has 0 saturated carbocycles. The van der Waals surface area contributed by atoms with E-state index in [1.54, 1.807) is 59.5 Å². The Morgan fingerprint density at radius 2 is 1.21 bits per heavy atom. The van der Waals surface area contributed by atoms with Crippen LogP contribution in [-0.4, -0.2) is 171 Å². The lowest BCUT2D eigenvalue weighted by molar-refractivity contribution is -0.271. The number of carboxylic acid groups (broad SMARTS) is 1. The molecule has 5 aromatic carbocycles. The number of carbonyl (C=O) groups excluding carboxylic acids is 7. The van der Waals surface area contributed by atoms with Crippen LogP contribution in [0.1, 0.15) is 94.3 Å². The first-order valence-electron chi connectivity index (χ1n) is 30.6. The Balaban J connectivity index is 0.623. The van der Waals surface area contributed by atoms with Gasteiger partial charge < -0.3 is 74.6 Å². The fraction of sp³-hybridized carbons (Fsp3) is 0.324. The number of aliphatic imine (C=N–C) groups is 2. The highest BCUT2D eigenvalue weighted by atomic mass is 16.7. The van der Waals surface area contributed by atoms with Crippen LogP contribution in [0.2, 0.25) is 0 Å². The third-order valence-corrected chi connectivity index (χ3v) is 16.5. The van der Waals surface area contributed by atoms with Crippen LogP contribution >= 0.6 is 0 Å². The van der Waals surface area contributed by atoms with Crippen LogP contribution in [0.4, 0.5) is 21.9 Å². The van der Waals surface area contributed by atoms with E-state index in [4.69, 9.17) is 33.4 Å². The number of hydrogen-bond acceptors (Lipinski definition) is 19. The Labute approximate surface area is 538 Å². The molecule has 11 rings (SSSR count). The number of carbonyl (C=O) groups is 8. The lowest BCUT2D eigenvalue weighted by Gasteiger charge is -2.38. The summed E-state index contributed by atoms with van der Waals surface area (Å²) in [5.74, 6) is -1.92. The van der Waals surface area contributed by atoms with Crippen molar-refractivity contribution in [3.63, 3.8) is 0 Å². The molecule has 7 atom stereocenters. The third-order valence-electron chi connectivity index (χ3n) is 16.5. The van der Waals surface area contributed by atoms with E-state index in [9.17, 15) is 58.8 Å². The van der Waals surface area contributed by atoms with E-state index in [0.29, 0.717) is 91.3 Å². The number of aliphatic carboxylic acids is 1. The van der Waals surface area contributed by atoms with Gasteiger partial charge in [0.25, 0.3) is 23.6 Å². The number of anilines is 1. The van der Waals surface area contributed by atoms with E-state index in [2.05, 4.69) is 20.9 Å². The number of carboxylic acids is 1. The van der Waals surface area contributed by atoms with E-state index in [1.165, 1.54) is 30.4 Å². The van der Waals surface area contributed by atoms with E-state index in [1.807, 2.05) is 67.1 Å². The van der Waals surface area contributed by atoms with Crippen molar-refractivity contribution in [2.45, 2.75) is 107 Å². The van der Waals surface area contributed by atoms with Gasteiger partial charge in [-0.1, -0.05) is 48.9 Å². The maximum absolute atomic E-state index is 13.9. The third kappa shape index (κ3) is 15.3. The molecule has 0 bridgehead atoms. The lowest BCUT2D eigenvalue weighted by Crippen LogP contribution is -2.61. The summed E-state index contributed by atoms with van der Waals surface area (Å²) in [7, 11) is 1.62. The van der Waals surface area contributed by atoms with Crippen LogP contribution in [0.25, 0.3) is 11.1 Å². The number of alkyl carbamates (subject to hydrolysis) is 1. The van der Waals surface area contributed by atoms with Crippen LogP contribution in [0.5, 0.6) is 23.0 Å². The van der Waals surface area contributed by atoms with Crippen molar-refractivity contribution in [2.24, 2.45) is 9.98 Å². The molecule has 2 unspecified atom stereocenters.